The molecule has 0 atom stereocenters. The van der Waals surface area contributed by atoms with Gasteiger partial charge in [0.1, 0.15) is 12.4 Å². The summed E-state index contributed by atoms with van der Waals surface area (Å²) in [6.07, 6.45) is 2.26. The van der Waals surface area contributed by atoms with Gasteiger partial charge in [-0.1, -0.05) is 48.5 Å². The Balaban J connectivity index is 2.37. The number of phenols is 1. The molecule has 1 heterocycles. The summed E-state index contributed by atoms with van der Waals surface area (Å²) in [7, 11) is 0. The number of aromatic nitrogens is 2. The molecule has 0 saturated carbocycles. The van der Waals surface area contributed by atoms with Crippen LogP contribution < -0.4 is 0 Å². The van der Waals surface area contributed by atoms with E-state index in [4.69, 9.17) is 4.74 Å². The highest BCUT2D eigenvalue weighted by Crippen LogP contribution is 2.41. The Kier molecular flexibility index (Phi) is 6.03. The van der Waals surface area contributed by atoms with Crippen molar-refractivity contribution in [3.63, 3.8) is 0 Å². The van der Waals surface area contributed by atoms with Crippen LogP contribution in [0.5, 0.6) is 5.75 Å². The van der Waals surface area contributed by atoms with Crippen molar-refractivity contribution in [2.75, 3.05) is 6.61 Å². The third kappa shape index (κ3) is 5.12. The predicted octanol–water partition coefficient (Wildman–Crippen LogP) is 4.80. The van der Waals surface area contributed by atoms with E-state index in [1.807, 2.05) is 24.4 Å². The summed E-state index contributed by atoms with van der Waals surface area (Å²) in [6, 6.07) is 6.00. The summed E-state index contributed by atoms with van der Waals surface area (Å²) < 4.78 is 6.90. The molecule has 0 fully saturated rings. The molecule has 0 spiro atoms. The molecular weight excluding hydrogens is 340 g/mol. The number of carbonyl (C=O) groups is 1. The Morgan fingerprint density at radius 1 is 1.11 bits per heavy atom. The Hall–Kier alpha value is -2.30. The minimum atomic E-state index is -0.203. The molecule has 0 saturated heterocycles. The number of rotatable bonds is 5. The molecule has 1 aromatic heterocycles. The van der Waals surface area contributed by atoms with Crippen LogP contribution in [0, 0.1) is 0 Å². The lowest BCUT2D eigenvalue weighted by Crippen LogP contribution is -2.17. The van der Waals surface area contributed by atoms with Crippen LogP contribution in [0.25, 0.3) is 11.3 Å². The molecule has 1 N–H and O–H groups in total. The van der Waals surface area contributed by atoms with Gasteiger partial charge in [-0.2, -0.15) is 5.10 Å². The third-order valence-corrected chi connectivity index (χ3v) is 4.53. The molecular formula is C22H32N2O3. The van der Waals surface area contributed by atoms with Crippen LogP contribution in [-0.2, 0) is 26.9 Å². The lowest BCUT2D eigenvalue weighted by Gasteiger charge is -2.28. The molecule has 0 aliphatic rings. The smallest absolute Gasteiger partial charge is 0.305 e. The maximum atomic E-state index is 11.2. The number of phenolic OH excluding ortho intramolecular Hbond substituents is 1. The fourth-order valence-electron chi connectivity index (χ4n) is 2.92. The zero-order chi connectivity index (χ0) is 20.4. The average Bonchev–Trinajstić information content (AvgIpc) is 3.01. The van der Waals surface area contributed by atoms with E-state index >= 15 is 0 Å². The van der Waals surface area contributed by atoms with Crippen molar-refractivity contribution in [3.8, 4) is 17.0 Å². The lowest BCUT2D eigenvalue weighted by molar-refractivity contribution is -0.143. The van der Waals surface area contributed by atoms with Gasteiger partial charge in [-0.3, -0.25) is 9.48 Å². The summed E-state index contributed by atoms with van der Waals surface area (Å²) in [4.78, 5) is 11.2. The second-order valence-corrected chi connectivity index (χ2v) is 8.96. The molecule has 5 heteroatoms. The maximum Gasteiger partial charge on any atom is 0.305 e. The zero-order valence-corrected chi connectivity index (χ0v) is 17.6. The van der Waals surface area contributed by atoms with Gasteiger partial charge < -0.3 is 9.84 Å². The molecule has 2 aromatic rings. The Morgan fingerprint density at radius 3 is 2.15 bits per heavy atom. The minimum absolute atomic E-state index is 0.184. The molecule has 0 aliphatic heterocycles. The van der Waals surface area contributed by atoms with Crippen LogP contribution >= 0.6 is 0 Å². The van der Waals surface area contributed by atoms with E-state index in [2.05, 4.69) is 46.6 Å². The average molecular weight is 373 g/mol. The first-order chi connectivity index (χ1) is 12.4. The monoisotopic (exact) mass is 372 g/mol. The second-order valence-electron chi connectivity index (χ2n) is 8.96. The Bertz CT molecular complexity index is 773. The Labute approximate surface area is 162 Å². The first-order valence-corrected chi connectivity index (χ1v) is 9.51. The van der Waals surface area contributed by atoms with Crippen molar-refractivity contribution >= 4 is 5.97 Å². The summed E-state index contributed by atoms with van der Waals surface area (Å²) in [5.41, 5.74) is 3.28. The number of nitrogens with zero attached hydrogens (tertiary/aromatic N) is 2. The summed E-state index contributed by atoms with van der Waals surface area (Å²) >= 11 is 0. The second kappa shape index (κ2) is 7.75. The first-order valence-electron chi connectivity index (χ1n) is 9.51. The topological polar surface area (TPSA) is 64.3 Å². The fourth-order valence-corrected chi connectivity index (χ4v) is 2.92. The highest BCUT2D eigenvalue weighted by molar-refractivity contribution is 5.68. The van der Waals surface area contributed by atoms with Crippen LogP contribution in [0.4, 0.5) is 0 Å². The van der Waals surface area contributed by atoms with E-state index in [0.29, 0.717) is 25.3 Å². The van der Waals surface area contributed by atoms with E-state index in [-0.39, 0.29) is 16.8 Å². The molecule has 0 bridgehead atoms. The minimum Gasteiger partial charge on any atom is -0.507 e. The van der Waals surface area contributed by atoms with Crippen molar-refractivity contribution in [1.29, 1.82) is 0 Å². The molecule has 27 heavy (non-hydrogen) atoms. The van der Waals surface area contributed by atoms with Gasteiger partial charge in [0.2, 0.25) is 0 Å². The van der Waals surface area contributed by atoms with Crippen LogP contribution in [0.2, 0.25) is 0 Å². The van der Waals surface area contributed by atoms with Gasteiger partial charge in [-0.05, 0) is 29.0 Å². The van der Waals surface area contributed by atoms with E-state index < -0.39 is 0 Å². The van der Waals surface area contributed by atoms with Crippen molar-refractivity contribution in [3.05, 3.63) is 35.5 Å². The van der Waals surface area contributed by atoms with E-state index in [1.165, 1.54) is 0 Å². The standard InChI is InChI=1S/C22H32N2O3/c1-8-19(25)27-12-11-24-10-9-18(23-24)15-13-16(21(2,3)4)20(26)17(14-15)22(5,6)7/h9-10,13-14,26H,8,11-12H2,1-7H3. The van der Waals surface area contributed by atoms with Gasteiger partial charge in [-0.25, -0.2) is 0 Å². The van der Waals surface area contributed by atoms with Crippen molar-refractivity contribution in [1.82, 2.24) is 9.78 Å². The van der Waals surface area contributed by atoms with Gasteiger partial charge in [0.25, 0.3) is 0 Å². The molecule has 0 amide bonds. The van der Waals surface area contributed by atoms with Gasteiger partial charge in [0.15, 0.2) is 0 Å². The quantitative estimate of drug-likeness (QED) is 0.766. The van der Waals surface area contributed by atoms with Crippen molar-refractivity contribution in [2.24, 2.45) is 0 Å². The third-order valence-electron chi connectivity index (χ3n) is 4.53. The molecule has 148 valence electrons. The van der Waals surface area contributed by atoms with Crippen LogP contribution in [0.3, 0.4) is 0 Å². The first kappa shape index (κ1) is 21.0. The van der Waals surface area contributed by atoms with E-state index in [9.17, 15) is 9.90 Å². The maximum absolute atomic E-state index is 11.2. The summed E-state index contributed by atoms with van der Waals surface area (Å²) in [6.45, 7) is 15.2. The molecule has 0 radical (unpaired) electrons. The summed E-state index contributed by atoms with van der Waals surface area (Å²) in [5.74, 6) is 0.162. The normalized spacial score (nSPS) is 12.3. The molecule has 5 nitrogen and oxygen atoms in total. The van der Waals surface area contributed by atoms with Gasteiger partial charge in [-0.15, -0.1) is 0 Å². The fraction of sp³-hybridized carbons (Fsp3) is 0.545. The van der Waals surface area contributed by atoms with E-state index in [0.717, 1.165) is 22.4 Å². The van der Waals surface area contributed by atoms with Crippen LogP contribution in [-0.4, -0.2) is 27.5 Å². The molecule has 0 aliphatic carbocycles. The van der Waals surface area contributed by atoms with Crippen molar-refractivity contribution < 1.29 is 14.6 Å². The number of ether oxygens (including phenoxy) is 1. The van der Waals surface area contributed by atoms with Gasteiger partial charge in [0.05, 0.1) is 12.2 Å². The molecule has 0 unspecified atom stereocenters. The molecule has 2 rings (SSSR count). The number of aromatic hydroxyl groups is 1. The number of benzene rings is 1. The molecule has 1 aromatic carbocycles. The van der Waals surface area contributed by atoms with Gasteiger partial charge in [0, 0.05) is 29.3 Å². The predicted molar refractivity (Wildman–Crippen MR) is 108 cm³/mol. The van der Waals surface area contributed by atoms with Crippen LogP contribution in [0.15, 0.2) is 24.4 Å². The summed E-state index contributed by atoms with van der Waals surface area (Å²) in [5, 5.41) is 15.5. The highest BCUT2D eigenvalue weighted by atomic mass is 16.5. The van der Waals surface area contributed by atoms with Gasteiger partial charge >= 0.3 is 5.97 Å². The number of hydrogen-bond donors (Lipinski definition) is 1. The zero-order valence-electron chi connectivity index (χ0n) is 17.6. The number of esters is 1. The number of hydrogen-bond acceptors (Lipinski definition) is 4. The SMILES string of the molecule is CCC(=O)OCCn1ccc(-c2cc(C(C)(C)C)c(O)c(C(C)(C)C)c2)n1. The van der Waals surface area contributed by atoms with Crippen molar-refractivity contribution in [2.45, 2.75) is 72.3 Å². The lowest BCUT2D eigenvalue weighted by atomic mass is 9.78. The largest absolute Gasteiger partial charge is 0.507 e. The Morgan fingerprint density at radius 2 is 1.67 bits per heavy atom. The van der Waals surface area contributed by atoms with Crippen LogP contribution in [0.1, 0.15) is 66.0 Å². The number of carbonyl (C=O) groups excluding carboxylic acids is 1. The van der Waals surface area contributed by atoms with E-state index in [1.54, 1.807) is 11.6 Å². The highest BCUT2D eigenvalue weighted by Gasteiger charge is 2.27.